The van der Waals surface area contributed by atoms with E-state index in [9.17, 15) is 4.79 Å². The van der Waals surface area contributed by atoms with Crippen molar-refractivity contribution in [3.63, 3.8) is 0 Å². The Kier molecular flexibility index (Phi) is 4.14. The molecule has 0 bridgehead atoms. The van der Waals surface area contributed by atoms with Gasteiger partial charge in [-0.2, -0.15) is 0 Å². The first kappa shape index (κ1) is 15.2. The second-order valence-electron chi connectivity index (χ2n) is 7.68. The molecule has 124 valence electrons. The topological polar surface area (TPSA) is 23.6 Å². The van der Waals surface area contributed by atoms with E-state index in [4.69, 9.17) is 0 Å². The lowest BCUT2D eigenvalue weighted by Gasteiger charge is -2.27. The number of hydrogen-bond donors (Lipinski definition) is 0. The summed E-state index contributed by atoms with van der Waals surface area (Å²) in [6.07, 6.45) is 6.97. The molecule has 2 saturated heterocycles. The van der Waals surface area contributed by atoms with Gasteiger partial charge in [-0.1, -0.05) is 12.1 Å². The second kappa shape index (κ2) is 6.27. The lowest BCUT2D eigenvalue weighted by atomic mass is 10.1. The smallest absolute Gasteiger partial charge is 0.226 e. The molecular formula is C20H28N2O. The van der Waals surface area contributed by atoms with Crippen LogP contribution in [0.15, 0.2) is 24.3 Å². The van der Waals surface area contributed by atoms with E-state index in [2.05, 4.69) is 36.1 Å². The largest absolute Gasteiger partial charge is 0.312 e. The van der Waals surface area contributed by atoms with Crippen LogP contribution in [0.2, 0.25) is 0 Å². The summed E-state index contributed by atoms with van der Waals surface area (Å²) in [6, 6.07) is 9.62. The Morgan fingerprint density at radius 3 is 2.61 bits per heavy atom. The fourth-order valence-corrected chi connectivity index (χ4v) is 4.40. The van der Waals surface area contributed by atoms with Crippen molar-refractivity contribution in [3.8, 4) is 0 Å². The van der Waals surface area contributed by atoms with E-state index >= 15 is 0 Å². The summed E-state index contributed by atoms with van der Waals surface area (Å²) in [6.45, 7) is 5.82. The number of benzene rings is 1. The Balaban J connectivity index is 1.36. The van der Waals surface area contributed by atoms with E-state index in [1.165, 1.54) is 37.9 Å². The third kappa shape index (κ3) is 3.16. The molecule has 23 heavy (non-hydrogen) atoms. The fourth-order valence-electron chi connectivity index (χ4n) is 4.40. The van der Waals surface area contributed by atoms with Gasteiger partial charge in [-0.05, 0) is 75.1 Å². The van der Waals surface area contributed by atoms with Gasteiger partial charge in [0.1, 0.15) is 0 Å². The van der Waals surface area contributed by atoms with Crippen molar-refractivity contribution in [1.82, 2.24) is 4.90 Å². The normalized spacial score (nSPS) is 31.6. The van der Waals surface area contributed by atoms with Crippen molar-refractivity contribution < 1.29 is 4.79 Å². The van der Waals surface area contributed by atoms with E-state index in [-0.39, 0.29) is 5.91 Å². The molecule has 2 heterocycles. The first-order chi connectivity index (χ1) is 11.2. The van der Waals surface area contributed by atoms with Gasteiger partial charge in [0.05, 0.1) is 0 Å². The maximum Gasteiger partial charge on any atom is 0.226 e. The summed E-state index contributed by atoms with van der Waals surface area (Å²) in [5.74, 6) is 1.88. The SMILES string of the molecule is C[C@@H]1CCCN1C[C@H]1C[C@@H]1c1ccc(N2CCCCC2=O)cc1. The van der Waals surface area contributed by atoms with Gasteiger partial charge in [0.15, 0.2) is 0 Å². The number of hydrogen-bond acceptors (Lipinski definition) is 2. The highest BCUT2D eigenvalue weighted by Gasteiger charge is 2.40. The van der Waals surface area contributed by atoms with Crippen LogP contribution in [0.4, 0.5) is 5.69 Å². The quantitative estimate of drug-likeness (QED) is 0.844. The number of carbonyl (C=O) groups excluding carboxylic acids is 1. The molecule has 3 aliphatic rings. The Hall–Kier alpha value is -1.35. The van der Waals surface area contributed by atoms with Gasteiger partial charge in [0.25, 0.3) is 0 Å². The third-order valence-electron chi connectivity index (χ3n) is 6.04. The maximum absolute atomic E-state index is 12.0. The molecule has 3 heteroatoms. The van der Waals surface area contributed by atoms with E-state index in [1.54, 1.807) is 0 Å². The van der Waals surface area contributed by atoms with Crippen LogP contribution in [0.1, 0.15) is 56.9 Å². The molecule has 0 spiro atoms. The first-order valence-electron chi connectivity index (χ1n) is 9.37. The van der Waals surface area contributed by atoms with Crippen molar-refractivity contribution in [2.45, 2.75) is 57.4 Å². The summed E-state index contributed by atoms with van der Waals surface area (Å²) in [5, 5.41) is 0. The lowest BCUT2D eigenvalue weighted by molar-refractivity contribution is -0.119. The molecule has 0 aromatic heterocycles. The molecular weight excluding hydrogens is 284 g/mol. The number of amides is 1. The van der Waals surface area contributed by atoms with E-state index < -0.39 is 0 Å². The van der Waals surface area contributed by atoms with Crippen LogP contribution in [-0.4, -0.2) is 36.5 Å². The highest BCUT2D eigenvalue weighted by molar-refractivity contribution is 5.93. The van der Waals surface area contributed by atoms with Crippen molar-refractivity contribution >= 4 is 11.6 Å². The minimum atomic E-state index is 0.288. The van der Waals surface area contributed by atoms with Gasteiger partial charge in [-0.25, -0.2) is 0 Å². The van der Waals surface area contributed by atoms with Gasteiger partial charge < -0.3 is 9.80 Å². The predicted octanol–water partition coefficient (Wildman–Crippen LogP) is 3.79. The molecule has 0 unspecified atom stereocenters. The van der Waals surface area contributed by atoms with Gasteiger partial charge in [0.2, 0.25) is 5.91 Å². The summed E-state index contributed by atoms with van der Waals surface area (Å²) in [5.41, 5.74) is 2.55. The number of piperidine rings is 1. The molecule has 2 aliphatic heterocycles. The van der Waals surface area contributed by atoms with Gasteiger partial charge in [0, 0.05) is 31.2 Å². The van der Waals surface area contributed by atoms with E-state index in [0.29, 0.717) is 6.42 Å². The van der Waals surface area contributed by atoms with E-state index in [1.807, 2.05) is 4.90 Å². The molecule has 0 N–H and O–H groups in total. The third-order valence-corrected chi connectivity index (χ3v) is 6.04. The first-order valence-corrected chi connectivity index (χ1v) is 9.37. The highest BCUT2D eigenvalue weighted by Crippen LogP contribution is 2.48. The zero-order valence-electron chi connectivity index (χ0n) is 14.2. The molecule has 3 atom stereocenters. The standard InChI is InChI=1S/C20H28N2O/c1-15-5-4-11-21(15)14-17-13-19(17)16-7-9-18(10-8-16)22-12-3-2-6-20(22)23/h7-10,15,17,19H,2-6,11-14H2,1H3/t15-,17-,19-/m1/s1. The molecule has 1 aromatic carbocycles. The minimum absolute atomic E-state index is 0.288. The van der Waals surface area contributed by atoms with Gasteiger partial charge in [-0.15, -0.1) is 0 Å². The molecule has 3 fully saturated rings. The Labute approximate surface area is 139 Å². The van der Waals surface area contributed by atoms with Crippen LogP contribution >= 0.6 is 0 Å². The van der Waals surface area contributed by atoms with Crippen LogP contribution in [0.3, 0.4) is 0 Å². The zero-order chi connectivity index (χ0) is 15.8. The maximum atomic E-state index is 12.0. The second-order valence-corrected chi connectivity index (χ2v) is 7.68. The Morgan fingerprint density at radius 2 is 1.91 bits per heavy atom. The Bertz CT molecular complexity index is 568. The molecule has 0 radical (unpaired) electrons. The van der Waals surface area contributed by atoms with Crippen molar-refractivity contribution in [2.75, 3.05) is 24.5 Å². The molecule has 1 amide bonds. The number of rotatable bonds is 4. The molecule has 4 rings (SSSR count). The Morgan fingerprint density at radius 1 is 1.09 bits per heavy atom. The van der Waals surface area contributed by atoms with Gasteiger partial charge >= 0.3 is 0 Å². The molecule has 1 aromatic rings. The summed E-state index contributed by atoms with van der Waals surface area (Å²) >= 11 is 0. The van der Waals surface area contributed by atoms with Gasteiger partial charge in [-0.3, -0.25) is 4.79 Å². The lowest BCUT2D eigenvalue weighted by Crippen LogP contribution is -2.35. The van der Waals surface area contributed by atoms with E-state index in [0.717, 1.165) is 43.0 Å². The predicted molar refractivity (Wildman–Crippen MR) is 93.8 cm³/mol. The average Bonchev–Trinajstić information content (AvgIpc) is 3.22. The summed E-state index contributed by atoms with van der Waals surface area (Å²) < 4.78 is 0. The molecule has 3 nitrogen and oxygen atoms in total. The van der Waals surface area contributed by atoms with Crippen LogP contribution in [0.5, 0.6) is 0 Å². The van der Waals surface area contributed by atoms with Crippen LogP contribution < -0.4 is 4.90 Å². The number of carbonyl (C=O) groups is 1. The summed E-state index contributed by atoms with van der Waals surface area (Å²) in [4.78, 5) is 16.7. The van der Waals surface area contributed by atoms with Crippen molar-refractivity contribution in [1.29, 1.82) is 0 Å². The number of likely N-dealkylation sites (tertiary alicyclic amines) is 1. The summed E-state index contributed by atoms with van der Waals surface area (Å²) in [7, 11) is 0. The highest BCUT2D eigenvalue weighted by atomic mass is 16.2. The minimum Gasteiger partial charge on any atom is -0.312 e. The van der Waals surface area contributed by atoms with Crippen LogP contribution in [0, 0.1) is 5.92 Å². The average molecular weight is 312 g/mol. The molecule has 1 aliphatic carbocycles. The van der Waals surface area contributed by atoms with Crippen molar-refractivity contribution in [3.05, 3.63) is 29.8 Å². The zero-order valence-corrected chi connectivity index (χ0v) is 14.2. The number of anilines is 1. The fraction of sp³-hybridized carbons (Fsp3) is 0.650. The van der Waals surface area contributed by atoms with Crippen LogP contribution in [0.25, 0.3) is 0 Å². The van der Waals surface area contributed by atoms with Crippen LogP contribution in [-0.2, 0) is 4.79 Å². The van der Waals surface area contributed by atoms with Crippen molar-refractivity contribution in [2.24, 2.45) is 5.92 Å². The molecule has 1 saturated carbocycles. The monoisotopic (exact) mass is 312 g/mol. The number of nitrogens with zero attached hydrogens (tertiary/aromatic N) is 2.